The minimum absolute atomic E-state index is 0.0190. The number of carboxylic acids is 1. The maximum Gasteiger partial charge on any atom is 0.341 e. The first-order chi connectivity index (χ1) is 15.2. The average molecular weight is 495 g/mol. The number of amides is 2. The second kappa shape index (κ2) is 9.99. The number of ether oxygens (including phenoxy) is 2. The molecular weight excluding hydrogens is 479 g/mol. The number of carbonyl (C=O) groups excluding carboxylic acids is 2. The van der Waals surface area contributed by atoms with Gasteiger partial charge in [0.05, 0.1) is 22.3 Å². The molecule has 1 fully saturated rings. The lowest BCUT2D eigenvalue weighted by molar-refractivity contribution is -0.139. The van der Waals surface area contributed by atoms with E-state index in [4.69, 9.17) is 50.0 Å². The maximum atomic E-state index is 13.1. The molecule has 0 saturated carbocycles. The summed E-state index contributed by atoms with van der Waals surface area (Å²) in [5, 5.41) is 11.2. The predicted molar refractivity (Wildman–Crippen MR) is 123 cm³/mol. The first-order valence-electron chi connectivity index (χ1n) is 9.19. The van der Waals surface area contributed by atoms with Crippen LogP contribution in [0.25, 0.3) is 6.08 Å². The number of hydrogen-bond acceptors (Lipinski definition) is 6. The number of aliphatic carboxylic acids is 1. The highest BCUT2D eigenvalue weighted by molar-refractivity contribution is 7.80. The Labute approximate surface area is 198 Å². The highest BCUT2D eigenvalue weighted by Crippen LogP contribution is 2.35. The van der Waals surface area contributed by atoms with E-state index in [1.165, 1.54) is 23.1 Å². The zero-order chi connectivity index (χ0) is 23.4. The fourth-order valence-electron chi connectivity index (χ4n) is 2.85. The molecule has 0 aliphatic carbocycles. The third-order valence-corrected chi connectivity index (χ3v) is 5.03. The second-order valence-corrected chi connectivity index (χ2v) is 7.58. The molecular formula is C21H16Cl2N2O6S. The second-order valence-electron chi connectivity index (χ2n) is 6.38. The van der Waals surface area contributed by atoms with E-state index in [0.29, 0.717) is 23.6 Å². The van der Waals surface area contributed by atoms with Crippen molar-refractivity contribution in [2.45, 2.75) is 6.92 Å². The Morgan fingerprint density at radius 3 is 2.34 bits per heavy atom. The summed E-state index contributed by atoms with van der Waals surface area (Å²) in [5.41, 5.74) is 0.585. The van der Waals surface area contributed by atoms with Crippen LogP contribution in [0.4, 0.5) is 5.69 Å². The van der Waals surface area contributed by atoms with Crippen LogP contribution >= 0.6 is 35.4 Å². The average Bonchev–Trinajstić information content (AvgIpc) is 2.71. The molecule has 0 unspecified atom stereocenters. The van der Waals surface area contributed by atoms with Crippen molar-refractivity contribution in [3.8, 4) is 11.5 Å². The molecule has 1 aliphatic heterocycles. The van der Waals surface area contributed by atoms with Gasteiger partial charge in [0.25, 0.3) is 11.8 Å². The molecule has 1 saturated heterocycles. The highest BCUT2D eigenvalue weighted by Gasteiger charge is 2.34. The van der Waals surface area contributed by atoms with Crippen LogP contribution in [0.3, 0.4) is 0 Å². The van der Waals surface area contributed by atoms with Gasteiger partial charge in [0.15, 0.2) is 17.5 Å². The minimum atomic E-state index is -1.20. The minimum Gasteiger partial charge on any atom is -0.494 e. The van der Waals surface area contributed by atoms with Gasteiger partial charge in [0.1, 0.15) is 11.3 Å². The molecule has 2 N–H and O–H groups in total. The van der Waals surface area contributed by atoms with Crippen molar-refractivity contribution >= 4 is 70.1 Å². The van der Waals surface area contributed by atoms with Crippen LogP contribution in [0.2, 0.25) is 10.0 Å². The number of carboxylic acid groups (broad SMARTS) is 1. The van der Waals surface area contributed by atoms with E-state index < -0.39 is 24.4 Å². The van der Waals surface area contributed by atoms with Gasteiger partial charge in [-0.15, -0.1) is 0 Å². The number of rotatable bonds is 7. The van der Waals surface area contributed by atoms with Crippen molar-refractivity contribution in [1.82, 2.24) is 5.32 Å². The van der Waals surface area contributed by atoms with E-state index in [9.17, 15) is 14.4 Å². The topological polar surface area (TPSA) is 105 Å². The Morgan fingerprint density at radius 1 is 1.16 bits per heavy atom. The van der Waals surface area contributed by atoms with E-state index in [0.717, 1.165) is 0 Å². The summed E-state index contributed by atoms with van der Waals surface area (Å²) in [7, 11) is 0. The molecule has 3 rings (SSSR count). The first-order valence-corrected chi connectivity index (χ1v) is 10.4. The zero-order valence-corrected chi connectivity index (χ0v) is 18.9. The van der Waals surface area contributed by atoms with Crippen molar-refractivity contribution in [2.24, 2.45) is 0 Å². The molecule has 0 atom stereocenters. The quantitative estimate of drug-likeness (QED) is 0.343. The molecule has 8 nitrogen and oxygen atoms in total. The fraction of sp³-hybridized carbons (Fsp3) is 0.143. The van der Waals surface area contributed by atoms with Gasteiger partial charge in [-0.05, 0) is 67.2 Å². The third kappa shape index (κ3) is 5.18. The van der Waals surface area contributed by atoms with Gasteiger partial charge in [-0.25, -0.2) is 4.79 Å². The largest absolute Gasteiger partial charge is 0.494 e. The number of benzene rings is 2. The van der Waals surface area contributed by atoms with Crippen LogP contribution in [-0.2, 0) is 14.4 Å². The van der Waals surface area contributed by atoms with Crippen LogP contribution in [0.5, 0.6) is 11.5 Å². The van der Waals surface area contributed by atoms with Crippen molar-refractivity contribution in [2.75, 3.05) is 18.1 Å². The third-order valence-electron chi connectivity index (χ3n) is 4.18. The number of halogens is 2. The zero-order valence-electron chi connectivity index (χ0n) is 16.6. The number of nitrogens with one attached hydrogen (secondary N) is 1. The van der Waals surface area contributed by atoms with Gasteiger partial charge in [0, 0.05) is 0 Å². The Hall–Kier alpha value is -3.14. The molecule has 0 bridgehead atoms. The normalized spacial score (nSPS) is 15.0. The Kier molecular flexibility index (Phi) is 7.34. The number of thiocarbonyl (C=S) groups is 1. The predicted octanol–water partition coefficient (Wildman–Crippen LogP) is 3.69. The Balaban J connectivity index is 1.93. The van der Waals surface area contributed by atoms with Crippen LogP contribution in [-0.4, -0.2) is 41.2 Å². The summed E-state index contributed by atoms with van der Waals surface area (Å²) in [5.74, 6) is -1.91. The first kappa shape index (κ1) is 23.5. The van der Waals surface area contributed by atoms with Crippen LogP contribution in [0.15, 0.2) is 42.0 Å². The molecule has 32 heavy (non-hydrogen) atoms. The number of hydrogen-bond donors (Lipinski definition) is 2. The lowest BCUT2D eigenvalue weighted by Gasteiger charge is -2.29. The number of nitrogens with zero attached hydrogens (tertiary/aromatic N) is 1. The summed E-state index contributed by atoms with van der Waals surface area (Å²) < 4.78 is 10.5. The number of carbonyl (C=O) groups is 3. The van der Waals surface area contributed by atoms with Crippen molar-refractivity contribution < 1.29 is 29.0 Å². The van der Waals surface area contributed by atoms with E-state index in [1.54, 1.807) is 24.3 Å². The van der Waals surface area contributed by atoms with Crippen LogP contribution in [0, 0.1) is 0 Å². The molecule has 166 valence electrons. The molecule has 2 aromatic rings. The van der Waals surface area contributed by atoms with Crippen molar-refractivity contribution in [3.05, 3.63) is 57.6 Å². The molecule has 0 aromatic heterocycles. The van der Waals surface area contributed by atoms with Gasteiger partial charge in [-0.1, -0.05) is 23.2 Å². The van der Waals surface area contributed by atoms with Gasteiger partial charge in [0.2, 0.25) is 0 Å². The van der Waals surface area contributed by atoms with Crippen molar-refractivity contribution in [1.29, 1.82) is 0 Å². The van der Waals surface area contributed by atoms with Gasteiger partial charge < -0.3 is 14.6 Å². The van der Waals surface area contributed by atoms with E-state index >= 15 is 0 Å². The summed E-state index contributed by atoms with van der Waals surface area (Å²) in [6.07, 6.45) is 1.31. The summed E-state index contributed by atoms with van der Waals surface area (Å²) in [6.45, 7) is 1.72. The lowest BCUT2D eigenvalue weighted by atomic mass is 10.1. The van der Waals surface area contributed by atoms with Crippen LogP contribution in [0.1, 0.15) is 12.5 Å². The molecule has 1 aliphatic rings. The lowest BCUT2D eigenvalue weighted by Crippen LogP contribution is -2.54. The number of anilines is 1. The standard InChI is InChI=1S/C21H16Cl2N2O6S/c1-2-30-13-5-3-12(4-6-13)25-20(29)14(19(28)24-21(25)32)7-11-8-15(22)18(16(23)9-11)31-10-17(26)27/h3-9H,2,10H2,1H3,(H,26,27)(H,24,28,32). The smallest absolute Gasteiger partial charge is 0.341 e. The summed E-state index contributed by atoms with van der Waals surface area (Å²) in [4.78, 5) is 37.4. The molecule has 0 spiro atoms. The van der Waals surface area contributed by atoms with E-state index in [1.807, 2.05) is 6.92 Å². The molecule has 1 heterocycles. The Bertz CT molecular complexity index is 1110. The molecule has 11 heteroatoms. The van der Waals surface area contributed by atoms with Gasteiger partial charge in [-0.3, -0.25) is 19.8 Å². The maximum absolute atomic E-state index is 13.1. The summed E-state index contributed by atoms with van der Waals surface area (Å²) >= 11 is 17.5. The Morgan fingerprint density at radius 2 is 1.78 bits per heavy atom. The summed E-state index contributed by atoms with van der Waals surface area (Å²) in [6, 6.07) is 9.45. The van der Waals surface area contributed by atoms with E-state index in [2.05, 4.69) is 5.32 Å². The van der Waals surface area contributed by atoms with Crippen LogP contribution < -0.4 is 19.7 Å². The van der Waals surface area contributed by atoms with Crippen molar-refractivity contribution in [3.63, 3.8) is 0 Å². The molecule has 2 aromatic carbocycles. The highest BCUT2D eigenvalue weighted by atomic mass is 35.5. The monoisotopic (exact) mass is 494 g/mol. The van der Waals surface area contributed by atoms with Gasteiger partial charge in [-0.2, -0.15) is 0 Å². The molecule has 0 radical (unpaired) electrons. The van der Waals surface area contributed by atoms with Gasteiger partial charge >= 0.3 is 5.97 Å². The fourth-order valence-corrected chi connectivity index (χ4v) is 3.75. The SMILES string of the molecule is CCOc1ccc(N2C(=O)C(=Cc3cc(Cl)c(OCC(=O)O)c(Cl)c3)C(=O)NC2=S)cc1. The van der Waals surface area contributed by atoms with E-state index in [-0.39, 0.29) is 26.5 Å². The molecule has 2 amide bonds.